The molecule has 2 heterocycles. The van der Waals surface area contributed by atoms with Crippen molar-refractivity contribution in [3.05, 3.63) is 95.8 Å². The van der Waals surface area contributed by atoms with Crippen molar-refractivity contribution in [3.63, 3.8) is 0 Å². The van der Waals surface area contributed by atoms with Gasteiger partial charge in [0.1, 0.15) is 18.4 Å². The van der Waals surface area contributed by atoms with Gasteiger partial charge in [-0.15, -0.1) is 0 Å². The van der Waals surface area contributed by atoms with Crippen LogP contribution in [-0.2, 0) is 27.3 Å². The molecule has 1 amide bonds. The number of nitrogens with zero attached hydrogens (tertiary/aromatic N) is 1. The van der Waals surface area contributed by atoms with Crippen LogP contribution in [0.3, 0.4) is 0 Å². The van der Waals surface area contributed by atoms with Crippen molar-refractivity contribution in [3.8, 4) is 5.75 Å². The topological polar surface area (TPSA) is 98.8 Å². The smallest absolute Gasteiger partial charge is 0.408 e. The van der Waals surface area contributed by atoms with Gasteiger partial charge in [-0.2, -0.15) is 0 Å². The number of methoxy groups -OCH3 is 1. The van der Waals surface area contributed by atoms with Crippen molar-refractivity contribution in [2.75, 3.05) is 26.8 Å². The molecule has 0 radical (unpaired) electrons. The maximum Gasteiger partial charge on any atom is 0.408 e. The number of nitrogens with one attached hydrogen (secondary N) is 2. The van der Waals surface area contributed by atoms with Gasteiger partial charge in [0.15, 0.2) is 0 Å². The van der Waals surface area contributed by atoms with E-state index >= 15 is 0 Å². The van der Waals surface area contributed by atoms with Gasteiger partial charge in [0.25, 0.3) is 0 Å². The van der Waals surface area contributed by atoms with Gasteiger partial charge in [-0.05, 0) is 78.6 Å². The predicted octanol–water partition coefficient (Wildman–Crippen LogP) is 4.64. The zero-order chi connectivity index (χ0) is 27.3. The molecule has 3 atom stereocenters. The van der Waals surface area contributed by atoms with E-state index in [0.717, 1.165) is 49.2 Å². The van der Waals surface area contributed by atoms with Gasteiger partial charge in [-0.3, -0.25) is 4.98 Å². The van der Waals surface area contributed by atoms with Crippen LogP contribution in [0, 0.1) is 5.92 Å². The number of piperidine rings is 1. The second-order valence-electron chi connectivity index (χ2n) is 9.76. The Balaban J connectivity index is 1.22. The van der Waals surface area contributed by atoms with Gasteiger partial charge in [0.2, 0.25) is 0 Å². The highest BCUT2D eigenvalue weighted by atomic mass is 16.6. The Morgan fingerprint density at radius 3 is 2.54 bits per heavy atom. The Labute approximate surface area is 230 Å². The van der Waals surface area contributed by atoms with Crippen LogP contribution in [0.4, 0.5) is 4.79 Å². The van der Waals surface area contributed by atoms with Gasteiger partial charge in [-0.1, -0.05) is 42.5 Å². The molecule has 8 nitrogen and oxygen atoms in total. The van der Waals surface area contributed by atoms with E-state index in [9.17, 15) is 9.59 Å². The van der Waals surface area contributed by atoms with E-state index < -0.39 is 18.1 Å². The molecular formula is C31H37N3O5. The predicted molar refractivity (Wildman–Crippen MR) is 148 cm³/mol. The Bertz CT molecular complexity index is 1160. The highest BCUT2D eigenvalue weighted by Gasteiger charge is 2.26. The van der Waals surface area contributed by atoms with Crippen LogP contribution in [0.15, 0.2) is 79.1 Å². The van der Waals surface area contributed by atoms with Crippen LogP contribution >= 0.6 is 0 Å². The van der Waals surface area contributed by atoms with Crippen molar-refractivity contribution in [2.24, 2.45) is 5.92 Å². The number of hydrogen-bond acceptors (Lipinski definition) is 7. The van der Waals surface area contributed by atoms with Gasteiger partial charge in [0, 0.05) is 25.4 Å². The first-order valence-electron chi connectivity index (χ1n) is 13.5. The lowest BCUT2D eigenvalue weighted by molar-refractivity contribution is -0.143. The number of pyridine rings is 1. The molecule has 0 bridgehead atoms. The molecule has 8 heteroatoms. The number of carbonyl (C=O) groups excluding carboxylic acids is 2. The quantitative estimate of drug-likeness (QED) is 0.259. The standard InChI is InChI=1S/C31H37N3O5/c1-37-30(35)29(34-31(36)39-22-24-6-3-2-4-7-24)20-23-9-11-27(12-10-23)38-19-5-8-25-15-18-33-21-28(25)26-13-16-32-17-14-26/h2-4,6-7,9-14,16-17,25,28-29,33H,5,8,15,18-22H2,1H3,(H,34,36). The lowest BCUT2D eigenvalue weighted by Gasteiger charge is -2.32. The molecule has 3 aromatic rings. The molecule has 4 rings (SSSR count). The molecule has 2 N–H and O–H groups in total. The van der Waals surface area contributed by atoms with Crippen LogP contribution in [0.2, 0.25) is 0 Å². The summed E-state index contributed by atoms with van der Waals surface area (Å²) in [4.78, 5) is 28.7. The molecule has 0 aliphatic carbocycles. The lowest BCUT2D eigenvalue weighted by Crippen LogP contribution is -2.43. The number of rotatable bonds is 12. The number of ether oxygens (including phenoxy) is 3. The van der Waals surface area contributed by atoms with E-state index in [1.807, 2.05) is 67.0 Å². The van der Waals surface area contributed by atoms with E-state index in [4.69, 9.17) is 14.2 Å². The van der Waals surface area contributed by atoms with Crippen LogP contribution in [0.25, 0.3) is 0 Å². The summed E-state index contributed by atoms with van der Waals surface area (Å²) in [6, 6.07) is 20.3. The number of hydrogen-bond donors (Lipinski definition) is 2. The second kappa shape index (κ2) is 14.9. The SMILES string of the molecule is COC(=O)C(Cc1ccc(OCCCC2CCNCC2c2ccncc2)cc1)NC(=O)OCc1ccccc1. The van der Waals surface area contributed by atoms with Crippen molar-refractivity contribution >= 4 is 12.1 Å². The minimum Gasteiger partial charge on any atom is -0.494 e. The van der Waals surface area contributed by atoms with Crippen LogP contribution in [0.1, 0.15) is 41.9 Å². The highest BCUT2D eigenvalue weighted by molar-refractivity contribution is 5.81. The molecule has 1 aromatic heterocycles. The molecule has 0 saturated carbocycles. The molecular weight excluding hydrogens is 494 g/mol. The number of amides is 1. The third-order valence-electron chi connectivity index (χ3n) is 7.10. The van der Waals surface area contributed by atoms with Gasteiger partial charge >= 0.3 is 12.1 Å². The van der Waals surface area contributed by atoms with Crippen molar-refractivity contribution < 1.29 is 23.8 Å². The third-order valence-corrected chi connectivity index (χ3v) is 7.10. The van der Waals surface area contributed by atoms with Gasteiger partial charge in [-0.25, -0.2) is 9.59 Å². The maximum atomic E-state index is 12.3. The summed E-state index contributed by atoms with van der Waals surface area (Å²) in [5, 5.41) is 6.14. The normalized spacial score (nSPS) is 17.6. The van der Waals surface area contributed by atoms with Crippen LogP contribution in [-0.4, -0.2) is 49.9 Å². The van der Waals surface area contributed by atoms with Crippen LogP contribution < -0.4 is 15.4 Å². The second-order valence-corrected chi connectivity index (χ2v) is 9.76. The lowest BCUT2D eigenvalue weighted by atomic mass is 9.79. The monoisotopic (exact) mass is 531 g/mol. The summed E-state index contributed by atoms with van der Waals surface area (Å²) >= 11 is 0. The molecule has 39 heavy (non-hydrogen) atoms. The first-order chi connectivity index (χ1) is 19.1. The number of esters is 1. The summed E-state index contributed by atoms with van der Waals surface area (Å²) in [5.41, 5.74) is 3.08. The largest absolute Gasteiger partial charge is 0.494 e. The highest BCUT2D eigenvalue weighted by Crippen LogP contribution is 2.32. The van der Waals surface area contributed by atoms with E-state index in [1.165, 1.54) is 12.7 Å². The van der Waals surface area contributed by atoms with Gasteiger partial charge < -0.3 is 24.8 Å². The summed E-state index contributed by atoms with van der Waals surface area (Å²) in [6.07, 6.45) is 6.60. The summed E-state index contributed by atoms with van der Waals surface area (Å²) in [7, 11) is 1.30. The maximum absolute atomic E-state index is 12.3. The van der Waals surface area contributed by atoms with Crippen LogP contribution in [0.5, 0.6) is 5.75 Å². The number of aromatic nitrogens is 1. The van der Waals surface area contributed by atoms with E-state index in [0.29, 0.717) is 18.4 Å². The summed E-state index contributed by atoms with van der Waals surface area (Å²) in [5.74, 6) is 1.38. The fourth-order valence-corrected chi connectivity index (χ4v) is 4.99. The summed E-state index contributed by atoms with van der Waals surface area (Å²) < 4.78 is 16.1. The number of alkyl carbamates (subject to hydrolysis) is 1. The average molecular weight is 532 g/mol. The Hall–Kier alpha value is -3.91. The molecule has 206 valence electrons. The number of carbonyl (C=O) groups is 2. The molecule has 3 unspecified atom stereocenters. The fraction of sp³-hybridized carbons (Fsp3) is 0.387. The summed E-state index contributed by atoms with van der Waals surface area (Å²) in [6.45, 7) is 2.82. The van der Waals surface area contributed by atoms with Crippen molar-refractivity contribution in [1.82, 2.24) is 15.6 Å². The van der Waals surface area contributed by atoms with Crippen molar-refractivity contribution in [1.29, 1.82) is 0 Å². The minimum absolute atomic E-state index is 0.120. The third kappa shape index (κ3) is 8.82. The molecule has 0 spiro atoms. The Kier molecular flexibility index (Phi) is 10.7. The van der Waals surface area contributed by atoms with E-state index in [1.54, 1.807) is 0 Å². The fourth-order valence-electron chi connectivity index (χ4n) is 4.99. The van der Waals surface area contributed by atoms with E-state index in [-0.39, 0.29) is 13.0 Å². The van der Waals surface area contributed by atoms with Crippen molar-refractivity contribution in [2.45, 2.75) is 44.2 Å². The zero-order valence-corrected chi connectivity index (χ0v) is 22.4. The van der Waals surface area contributed by atoms with E-state index in [2.05, 4.69) is 27.8 Å². The van der Waals surface area contributed by atoms with Gasteiger partial charge in [0.05, 0.1) is 13.7 Å². The molecule has 1 fully saturated rings. The molecule has 2 aromatic carbocycles. The number of benzene rings is 2. The average Bonchev–Trinajstić information content (AvgIpc) is 2.99. The first kappa shape index (κ1) is 28.1. The molecule has 1 aliphatic rings. The minimum atomic E-state index is -0.858. The zero-order valence-electron chi connectivity index (χ0n) is 22.4. The molecule has 1 aliphatic heterocycles. The Morgan fingerprint density at radius 2 is 1.79 bits per heavy atom. The molecule has 1 saturated heterocycles. The first-order valence-corrected chi connectivity index (χ1v) is 13.5. The Morgan fingerprint density at radius 1 is 1.03 bits per heavy atom.